The van der Waals surface area contributed by atoms with Gasteiger partial charge in [0.2, 0.25) is 0 Å². The predicted octanol–water partition coefficient (Wildman–Crippen LogP) is 4.79. The second kappa shape index (κ2) is 7.81. The Morgan fingerprint density at radius 1 is 1.04 bits per heavy atom. The number of fused-ring (bicyclic) bond motifs is 1. The van der Waals surface area contributed by atoms with Gasteiger partial charge in [-0.3, -0.25) is 0 Å². The number of benzene rings is 2. The van der Waals surface area contributed by atoms with E-state index in [0.717, 1.165) is 46.4 Å². The van der Waals surface area contributed by atoms with Gasteiger partial charge in [0, 0.05) is 16.6 Å². The topological polar surface area (TPSA) is 60.3 Å². The van der Waals surface area contributed by atoms with E-state index in [0.29, 0.717) is 18.0 Å². The number of H-pyrrole nitrogens is 1. The Morgan fingerprint density at radius 2 is 1.84 bits per heavy atom. The number of aromatic nitrogens is 1. The lowest BCUT2D eigenvalue weighted by Gasteiger charge is -2.10. The van der Waals surface area contributed by atoms with E-state index >= 15 is 0 Å². The SMILES string of the molecule is COc1ccc(-c2[nH]c3c(Cl)cccc3c2CCCCN)cc1OC. The van der Waals surface area contributed by atoms with Crippen molar-refractivity contribution < 1.29 is 9.47 Å². The molecule has 3 rings (SSSR count). The largest absolute Gasteiger partial charge is 0.493 e. The number of hydrogen-bond donors (Lipinski definition) is 2. The summed E-state index contributed by atoms with van der Waals surface area (Å²) in [5.41, 5.74) is 10.0. The highest BCUT2D eigenvalue weighted by atomic mass is 35.5. The van der Waals surface area contributed by atoms with Crippen molar-refractivity contribution in [1.29, 1.82) is 0 Å². The number of nitrogens with two attached hydrogens (primary N) is 1. The number of para-hydroxylation sites is 1. The molecule has 0 spiro atoms. The molecule has 0 unspecified atom stereocenters. The van der Waals surface area contributed by atoms with E-state index in [-0.39, 0.29) is 0 Å². The summed E-state index contributed by atoms with van der Waals surface area (Å²) < 4.78 is 10.8. The molecular formula is C20H23ClN2O2. The van der Waals surface area contributed by atoms with Crippen LogP contribution in [0.5, 0.6) is 11.5 Å². The Morgan fingerprint density at radius 3 is 2.56 bits per heavy atom. The molecule has 0 bridgehead atoms. The minimum Gasteiger partial charge on any atom is -0.493 e. The first kappa shape index (κ1) is 17.6. The summed E-state index contributed by atoms with van der Waals surface area (Å²) in [6.45, 7) is 0.703. The van der Waals surface area contributed by atoms with E-state index in [1.807, 2.05) is 30.3 Å². The highest BCUT2D eigenvalue weighted by molar-refractivity contribution is 6.35. The van der Waals surface area contributed by atoms with Gasteiger partial charge < -0.3 is 20.2 Å². The Balaban J connectivity index is 2.14. The standard InChI is InChI=1S/C20H23ClN2O2/c1-24-17-10-9-13(12-18(17)25-2)19-14(6-3-4-11-22)15-7-5-8-16(21)20(15)23-19/h5,7-10,12,23H,3-4,6,11,22H2,1-2H3. The summed E-state index contributed by atoms with van der Waals surface area (Å²) in [4.78, 5) is 3.50. The van der Waals surface area contributed by atoms with Crippen molar-refractivity contribution >= 4 is 22.5 Å². The van der Waals surface area contributed by atoms with Crippen molar-refractivity contribution in [3.05, 3.63) is 47.0 Å². The van der Waals surface area contributed by atoms with Crippen molar-refractivity contribution in [2.45, 2.75) is 19.3 Å². The van der Waals surface area contributed by atoms with Crippen LogP contribution in [0.4, 0.5) is 0 Å². The van der Waals surface area contributed by atoms with Gasteiger partial charge in [-0.1, -0.05) is 23.7 Å². The van der Waals surface area contributed by atoms with Gasteiger partial charge in [0.1, 0.15) is 0 Å². The van der Waals surface area contributed by atoms with E-state index in [1.165, 1.54) is 5.56 Å². The number of aromatic amines is 1. The van der Waals surface area contributed by atoms with Crippen molar-refractivity contribution in [2.24, 2.45) is 5.73 Å². The van der Waals surface area contributed by atoms with Crippen LogP contribution in [0.15, 0.2) is 36.4 Å². The molecule has 5 heteroatoms. The molecule has 0 fully saturated rings. The van der Waals surface area contributed by atoms with Crippen LogP contribution in [0, 0.1) is 0 Å². The maximum atomic E-state index is 6.40. The van der Waals surface area contributed by atoms with E-state index in [9.17, 15) is 0 Å². The number of rotatable bonds is 7. The van der Waals surface area contributed by atoms with Crippen LogP contribution in [0.3, 0.4) is 0 Å². The van der Waals surface area contributed by atoms with Crippen LogP contribution < -0.4 is 15.2 Å². The molecule has 3 aromatic rings. The molecule has 0 aliphatic heterocycles. The third-order valence-corrected chi connectivity index (χ3v) is 4.76. The highest BCUT2D eigenvalue weighted by Crippen LogP contribution is 2.38. The van der Waals surface area contributed by atoms with Gasteiger partial charge in [0.05, 0.1) is 24.8 Å². The van der Waals surface area contributed by atoms with Crippen LogP contribution in [-0.2, 0) is 6.42 Å². The average molecular weight is 359 g/mol. The summed E-state index contributed by atoms with van der Waals surface area (Å²) in [6, 6.07) is 12.0. The van der Waals surface area contributed by atoms with Crippen LogP contribution in [0.25, 0.3) is 22.2 Å². The van der Waals surface area contributed by atoms with Crippen molar-refractivity contribution in [2.75, 3.05) is 20.8 Å². The molecule has 0 atom stereocenters. The van der Waals surface area contributed by atoms with Gasteiger partial charge in [-0.2, -0.15) is 0 Å². The fourth-order valence-corrected chi connectivity index (χ4v) is 3.40. The average Bonchev–Trinajstić information content (AvgIpc) is 3.01. The summed E-state index contributed by atoms with van der Waals surface area (Å²) in [6.07, 6.45) is 2.98. The molecule has 2 aromatic carbocycles. The van der Waals surface area contributed by atoms with Crippen LogP contribution in [-0.4, -0.2) is 25.7 Å². The summed E-state index contributed by atoms with van der Waals surface area (Å²) in [5.74, 6) is 1.42. The lowest BCUT2D eigenvalue weighted by molar-refractivity contribution is 0.355. The molecule has 3 N–H and O–H groups in total. The normalized spacial score (nSPS) is 11.0. The molecule has 4 nitrogen and oxygen atoms in total. The first-order valence-corrected chi connectivity index (χ1v) is 8.79. The summed E-state index contributed by atoms with van der Waals surface area (Å²) in [7, 11) is 3.28. The molecule has 1 aromatic heterocycles. The van der Waals surface area contributed by atoms with Crippen LogP contribution in [0.1, 0.15) is 18.4 Å². The molecule has 132 valence electrons. The molecule has 0 aliphatic carbocycles. The second-order valence-electron chi connectivity index (χ2n) is 5.96. The van der Waals surface area contributed by atoms with Gasteiger partial charge in [0.15, 0.2) is 11.5 Å². The number of nitrogens with one attached hydrogen (secondary N) is 1. The Hall–Kier alpha value is -2.17. The van der Waals surface area contributed by atoms with Crippen molar-refractivity contribution in [3.8, 4) is 22.8 Å². The van der Waals surface area contributed by atoms with Gasteiger partial charge in [-0.15, -0.1) is 0 Å². The number of methoxy groups -OCH3 is 2. The minimum atomic E-state index is 0.703. The van der Waals surface area contributed by atoms with E-state index in [1.54, 1.807) is 14.2 Å². The zero-order valence-corrected chi connectivity index (χ0v) is 15.3. The molecule has 0 radical (unpaired) electrons. The summed E-state index contributed by atoms with van der Waals surface area (Å²) in [5, 5.41) is 1.89. The van der Waals surface area contributed by atoms with E-state index in [2.05, 4.69) is 11.1 Å². The lowest BCUT2D eigenvalue weighted by Crippen LogP contribution is -1.99. The maximum absolute atomic E-state index is 6.40. The fraction of sp³-hybridized carbons (Fsp3) is 0.300. The fourth-order valence-electron chi connectivity index (χ4n) is 3.18. The van der Waals surface area contributed by atoms with Crippen LogP contribution in [0.2, 0.25) is 5.02 Å². The number of halogens is 1. The zero-order chi connectivity index (χ0) is 17.8. The molecule has 0 saturated carbocycles. The van der Waals surface area contributed by atoms with Crippen molar-refractivity contribution in [3.63, 3.8) is 0 Å². The van der Waals surface area contributed by atoms with Gasteiger partial charge in [0.25, 0.3) is 0 Å². The quantitative estimate of drug-likeness (QED) is 0.597. The van der Waals surface area contributed by atoms with Crippen LogP contribution >= 0.6 is 11.6 Å². The first-order valence-electron chi connectivity index (χ1n) is 8.41. The minimum absolute atomic E-state index is 0.703. The van der Waals surface area contributed by atoms with Gasteiger partial charge in [-0.05, 0) is 55.6 Å². The monoisotopic (exact) mass is 358 g/mol. The third kappa shape index (κ3) is 3.46. The van der Waals surface area contributed by atoms with Gasteiger partial charge in [-0.25, -0.2) is 0 Å². The second-order valence-corrected chi connectivity index (χ2v) is 6.36. The number of hydrogen-bond acceptors (Lipinski definition) is 3. The smallest absolute Gasteiger partial charge is 0.161 e. The molecule has 1 heterocycles. The number of unbranched alkanes of at least 4 members (excludes halogenated alkanes) is 1. The molecule has 25 heavy (non-hydrogen) atoms. The molecule has 0 aliphatic rings. The molecule has 0 saturated heterocycles. The maximum Gasteiger partial charge on any atom is 0.161 e. The third-order valence-electron chi connectivity index (χ3n) is 4.44. The Labute approximate surface area is 152 Å². The highest BCUT2D eigenvalue weighted by Gasteiger charge is 2.16. The Bertz CT molecular complexity index is 874. The van der Waals surface area contributed by atoms with E-state index in [4.69, 9.17) is 26.8 Å². The van der Waals surface area contributed by atoms with Gasteiger partial charge >= 0.3 is 0 Å². The Kier molecular flexibility index (Phi) is 5.51. The zero-order valence-electron chi connectivity index (χ0n) is 14.6. The predicted molar refractivity (Wildman–Crippen MR) is 104 cm³/mol. The van der Waals surface area contributed by atoms with Crippen molar-refractivity contribution in [1.82, 2.24) is 4.98 Å². The first-order chi connectivity index (χ1) is 12.2. The van der Waals surface area contributed by atoms with E-state index < -0.39 is 0 Å². The molecular weight excluding hydrogens is 336 g/mol. The number of ether oxygens (including phenoxy) is 2. The lowest BCUT2D eigenvalue weighted by atomic mass is 10.00. The summed E-state index contributed by atoms with van der Waals surface area (Å²) >= 11 is 6.40. The molecule has 0 amide bonds. The number of aryl methyl sites for hydroxylation is 1.